The number of sulfonamides is 1. The molecule has 11 heteroatoms. The van der Waals surface area contributed by atoms with Crippen LogP contribution in [0.1, 0.15) is 17.2 Å². The van der Waals surface area contributed by atoms with Gasteiger partial charge in [0.05, 0.1) is 43.4 Å². The van der Waals surface area contributed by atoms with E-state index in [1.54, 1.807) is 24.3 Å². The van der Waals surface area contributed by atoms with Crippen LogP contribution in [0.25, 0.3) is 5.76 Å². The van der Waals surface area contributed by atoms with E-state index < -0.39 is 33.5 Å². The lowest BCUT2D eigenvalue weighted by atomic mass is 9.95. The molecule has 1 amide bonds. The van der Waals surface area contributed by atoms with Gasteiger partial charge in [-0.1, -0.05) is 12.1 Å². The van der Waals surface area contributed by atoms with E-state index >= 15 is 0 Å². The molecule has 2 heterocycles. The molecule has 0 saturated carbocycles. The van der Waals surface area contributed by atoms with Gasteiger partial charge in [0.1, 0.15) is 11.5 Å². The van der Waals surface area contributed by atoms with Gasteiger partial charge in [-0.05, 0) is 42.0 Å². The highest BCUT2D eigenvalue weighted by atomic mass is 32.2. The van der Waals surface area contributed by atoms with Crippen molar-refractivity contribution in [3.05, 3.63) is 65.2 Å². The number of likely N-dealkylation sites (tertiary alicyclic amines) is 1. The molecule has 0 aromatic heterocycles. The number of ether oxygens (including phenoxy) is 3. The zero-order valence-electron chi connectivity index (χ0n) is 20.0. The molecule has 1 atom stereocenters. The molecule has 36 heavy (non-hydrogen) atoms. The fourth-order valence-electron chi connectivity index (χ4n) is 4.33. The normalized spacial score (nSPS) is 20.6. The van der Waals surface area contributed by atoms with E-state index in [0.29, 0.717) is 24.5 Å². The smallest absolute Gasteiger partial charge is 0.295 e. The Morgan fingerprint density at radius 3 is 2.42 bits per heavy atom. The Morgan fingerprint density at radius 1 is 1.08 bits per heavy atom. The number of nitrogens with zero attached hydrogens (tertiary/aromatic N) is 2. The summed E-state index contributed by atoms with van der Waals surface area (Å²) in [4.78, 5) is 27.4. The molecule has 2 aromatic rings. The Morgan fingerprint density at radius 2 is 1.78 bits per heavy atom. The summed E-state index contributed by atoms with van der Waals surface area (Å²) in [6, 6.07) is 11.6. The van der Waals surface area contributed by atoms with Gasteiger partial charge in [0, 0.05) is 32.3 Å². The number of aliphatic hydroxyl groups excluding tert-OH is 1. The van der Waals surface area contributed by atoms with Crippen LogP contribution in [0.4, 0.5) is 0 Å². The van der Waals surface area contributed by atoms with Crippen LogP contribution in [0.3, 0.4) is 0 Å². The first-order valence-electron chi connectivity index (χ1n) is 11.4. The number of methoxy groups -OCH3 is 2. The Kier molecular flexibility index (Phi) is 7.74. The second-order valence-electron chi connectivity index (χ2n) is 8.30. The highest BCUT2D eigenvalue weighted by Gasteiger charge is 2.46. The molecule has 1 N–H and O–H groups in total. The van der Waals surface area contributed by atoms with Crippen LogP contribution in [0.15, 0.2) is 59.0 Å². The number of carbonyl (C=O) groups excluding carboxylic acids is 2. The number of carbonyl (C=O) groups is 2. The molecular weight excluding hydrogens is 488 g/mol. The molecule has 0 bridgehead atoms. The molecule has 2 aliphatic rings. The van der Waals surface area contributed by atoms with Crippen LogP contribution in [0.5, 0.6) is 5.75 Å². The predicted molar refractivity (Wildman–Crippen MR) is 130 cm³/mol. The summed E-state index contributed by atoms with van der Waals surface area (Å²) in [7, 11) is -0.728. The van der Waals surface area contributed by atoms with Crippen molar-refractivity contribution >= 4 is 27.5 Å². The SMILES string of the molecule is COCCN1C(=O)C(=O)/C(=C(/O)c2ccc(S(=O)(=O)N3CCOCC3)cc2)[C@@H]1c1cccc(OC)c1. The molecule has 192 valence electrons. The number of aliphatic hydroxyl groups is 1. The van der Waals surface area contributed by atoms with Crippen molar-refractivity contribution in [3.63, 3.8) is 0 Å². The monoisotopic (exact) mass is 516 g/mol. The Labute approximate surface area is 209 Å². The average molecular weight is 517 g/mol. The van der Waals surface area contributed by atoms with Crippen molar-refractivity contribution in [2.45, 2.75) is 10.9 Å². The molecular formula is C25H28N2O8S. The third-order valence-electron chi connectivity index (χ3n) is 6.22. The number of morpholine rings is 1. The van der Waals surface area contributed by atoms with Gasteiger partial charge in [-0.25, -0.2) is 8.42 Å². The van der Waals surface area contributed by atoms with E-state index in [1.807, 2.05) is 0 Å². The fraction of sp³-hybridized carbons (Fsp3) is 0.360. The molecule has 2 aromatic carbocycles. The number of rotatable bonds is 8. The summed E-state index contributed by atoms with van der Waals surface area (Å²) < 4.78 is 42.8. The molecule has 0 aliphatic carbocycles. The maximum absolute atomic E-state index is 13.1. The van der Waals surface area contributed by atoms with Gasteiger partial charge < -0.3 is 24.2 Å². The van der Waals surface area contributed by atoms with Gasteiger partial charge in [-0.15, -0.1) is 0 Å². The Hall–Kier alpha value is -3.25. The van der Waals surface area contributed by atoms with E-state index in [9.17, 15) is 23.1 Å². The summed E-state index contributed by atoms with van der Waals surface area (Å²) in [5.74, 6) is -1.45. The number of ketones is 1. The topological polar surface area (TPSA) is 123 Å². The minimum absolute atomic E-state index is 0.0610. The van der Waals surface area contributed by atoms with Gasteiger partial charge in [-0.2, -0.15) is 4.31 Å². The summed E-state index contributed by atoms with van der Waals surface area (Å²) >= 11 is 0. The minimum atomic E-state index is -3.73. The van der Waals surface area contributed by atoms with E-state index in [-0.39, 0.29) is 42.3 Å². The molecule has 0 radical (unpaired) electrons. The third kappa shape index (κ3) is 4.87. The van der Waals surface area contributed by atoms with Crippen LogP contribution in [0, 0.1) is 0 Å². The molecule has 0 spiro atoms. The van der Waals surface area contributed by atoms with Crippen LogP contribution in [-0.4, -0.2) is 88.1 Å². The standard InChI is InChI=1S/C25H28N2O8S/c1-33-13-12-27-22(18-4-3-5-19(16-18)34-2)21(24(29)25(27)30)23(28)17-6-8-20(9-7-17)36(31,32)26-10-14-35-15-11-26/h3-9,16,22,28H,10-15H2,1-2H3/b23-21+/t22-/m0/s1. The second-order valence-corrected chi connectivity index (χ2v) is 10.2. The first-order valence-corrected chi connectivity index (χ1v) is 12.8. The molecule has 2 aliphatic heterocycles. The third-order valence-corrected chi connectivity index (χ3v) is 8.13. The minimum Gasteiger partial charge on any atom is -0.507 e. The van der Waals surface area contributed by atoms with Gasteiger partial charge in [0.25, 0.3) is 11.7 Å². The lowest BCUT2D eigenvalue weighted by Crippen LogP contribution is -2.40. The van der Waals surface area contributed by atoms with Gasteiger partial charge in [0.15, 0.2) is 0 Å². The van der Waals surface area contributed by atoms with E-state index in [1.165, 1.54) is 47.7 Å². The Balaban J connectivity index is 1.74. The van der Waals surface area contributed by atoms with Crippen molar-refractivity contribution in [3.8, 4) is 5.75 Å². The molecule has 2 fully saturated rings. The van der Waals surface area contributed by atoms with Crippen molar-refractivity contribution < 1.29 is 37.3 Å². The van der Waals surface area contributed by atoms with E-state index in [2.05, 4.69) is 0 Å². The zero-order valence-corrected chi connectivity index (χ0v) is 20.9. The summed E-state index contributed by atoms with van der Waals surface area (Å²) in [5.41, 5.74) is 0.708. The number of amides is 1. The lowest BCUT2D eigenvalue weighted by Gasteiger charge is -2.26. The van der Waals surface area contributed by atoms with Gasteiger partial charge in [-0.3, -0.25) is 9.59 Å². The average Bonchev–Trinajstić information content (AvgIpc) is 3.17. The maximum atomic E-state index is 13.1. The first kappa shape index (κ1) is 25.8. The van der Waals surface area contributed by atoms with Crippen LogP contribution >= 0.6 is 0 Å². The molecule has 4 rings (SSSR count). The van der Waals surface area contributed by atoms with Crippen molar-refractivity contribution in [2.24, 2.45) is 0 Å². The summed E-state index contributed by atoms with van der Waals surface area (Å²) in [6.45, 7) is 1.50. The lowest BCUT2D eigenvalue weighted by molar-refractivity contribution is -0.140. The number of hydrogen-bond donors (Lipinski definition) is 1. The van der Waals surface area contributed by atoms with E-state index in [0.717, 1.165) is 0 Å². The van der Waals surface area contributed by atoms with E-state index in [4.69, 9.17) is 14.2 Å². The van der Waals surface area contributed by atoms with Crippen molar-refractivity contribution in [1.82, 2.24) is 9.21 Å². The molecule has 10 nitrogen and oxygen atoms in total. The highest BCUT2D eigenvalue weighted by Crippen LogP contribution is 2.40. The van der Waals surface area contributed by atoms with Crippen LogP contribution in [0.2, 0.25) is 0 Å². The number of Topliss-reactive ketones (excluding diaryl/α,β-unsaturated/α-hetero) is 1. The van der Waals surface area contributed by atoms with Gasteiger partial charge in [0.2, 0.25) is 10.0 Å². The molecule has 0 unspecified atom stereocenters. The maximum Gasteiger partial charge on any atom is 0.295 e. The zero-order chi connectivity index (χ0) is 25.9. The van der Waals surface area contributed by atoms with Gasteiger partial charge >= 0.3 is 0 Å². The quantitative estimate of drug-likeness (QED) is 0.320. The fourth-order valence-corrected chi connectivity index (χ4v) is 5.74. The summed E-state index contributed by atoms with van der Waals surface area (Å²) in [6.07, 6.45) is 0. The largest absolute Gasteiger partial charge is 0.507 e. The second kappa shape index (κ2) is 10.8. The highest BCUT2D eigenvalue weighted by molar-refractivity contribution is 7.89. The molecule has 2 saturated heterocycles. The van der Waals surface area contributed by atoms with Crippen molar-refractivity contribution in [2.75, 3.05) is 53.7 Å². The number of hydrogen-bond acceptors (Lipinski definition) is 8. The van der Waals surface area contributed by atoms with Crippen LogP contribution < -0.4 is 4.74 Å². The Bertz CT molecular complexity index is 1270. The number of benzene rings is 2. The first-order chi connectivity index (χ1) is 17.3. The van der Waals surface area contributed by atoms with Crippen molar-refractivity contribution in [1.29, 1.82) is 0 Å². The predicted octanol–water partition coefficient (Wildman–Crippen LogP) is 1.78. The summed E-state index contributed by atoms with van der Waals surface area (Å²) in [5, 5.41) is 11.2. The van der Waals surface area contributed by atoms with Crippen LogP contribution in [-0.2, 0) is 29.1 Å².